The summed E-state index contributed by atoms with van der Waals surface area (Å²) in [4.78, 5) is 10.3. The number of alkyl halides is 3. The molecule has 1 fully saturated rings. The van der Waals surface area contributed by atoms with Crippen LogP contribution in [0.15, 0.2) is 48.7 Å². The van der Waals surface area contributed by atoms with Gasteiger partial charge < -0.3 is 4.57 Å². The van der Waals surface area contributed by atoms with Crippen molar-refractivity contribution in [1.82, 2.24) is 14.9 Å². The van der Waals surface area contributed by atoms with Gasteiger partial charge in [0.15, 0.2) is 0 Å². The Bertz CT molecular complexity index is 659. The highest BCUT2D eigenvalue weighted by Crippen LogP contribution is 2.41. The van der Waals surface area contributed by atoms with Crippen LogP contribution in [-0.2, 0) is 17.9 Å². The number of benzene rings is 1. The third-order valence-electron chi connectivity index (χ3n) is 4.22. The molecule has 1 aliphatic carbocycles. The number of hydroxylamine groups is 1. The van der Waals surface area contributed by atoms with Crippen molar-refractivity contribution in [3.05, 3.63) is 59.9 Å². The van der Waals surface area contributed by atoms with Gasteiger partial charge in [-0.15, -0.1) is 0 Å². The smallest absolute Gasteiger partial charge is 0.349 e. The van der Waals surface area contributed by atoms with Gasteiger partial charge in [-0.1, -0.05) is 36.4 Å². The number of carbonyl (C=O) groups excluding carboxylic acids is 1. The zero-order chi connectivity index (χ0) is 19.7. The Kier molecular flexibility index (Phi) is 7.87. The first-order chi connectivity index (χ1) is 12.9. The molecule has 2 aliphatic rings. The van der Waals surface area contributed by atoms with E-state index in [1.807, 2.05) is 36.4 Å². The second-order valence-electron chi connectivity index (χ2n) is 6.46. The summed E-state index contributed by atoms with van der Waals surface area (Å²) in [5, 5.41) is 7.26. The van der Waals surface area contributed by atoms with E-state index in [0.29, 0.717) is 25.6 Å². The Balaban J connectivity index is 0.000000216. The maximum atomic E-state index is 12.3. The number of amides is 1. The molecule has 0 unspecified atom stereocenters. The summed E-state index contributed by atoms with van der Waals surface area (Å²) in [5.74, 6) is 0.671. The molecule has 1 aromatic carbocycles. The fraction of sp³-hybridized carbons (Fsp3) is 0.421. The van der Waals surface area contributed by atoms with Gasteiger partial charge in [0, 0.05) is 31.5 Å². The van der Waals surface area contributed by atoms with Crippen LogP contribution in [0, 0.1) is 0 Å². The van der Waals surface area contributed by atoms with E-state index in [9.17, 15) is 13.2 Å². The number of hydrogen-bond donors (Lipinski definition) is 2. The van der Waals surface area contributed by atoms with Crippen molar-refractivity contribution in [3.63, 3.8) is 0 Å². The molecule has 0 saturated heterocycles. The summed E-state index contributed by atoms with van der Waals surface area (Å²) in [7, 11) is 0. The van der Waals surface area contributed by atoms with E-state index in [4.69, 9.17) is 10.0 Å². The lowest BCUT2D eigenvalue weighted by Gasteiger charge is -2.28. The Morgan fingerprint density at radius 3 is 2.11 bits per heavy atom. The van der Waals surface area contributed by atoms with Crippen LogP contribution in [0.3, 0.4) is 0 Å². The van der Waals surface area contributed by atoms with Crippen molar-refractivity contribution in [2.45, 2.75) is 38.0 Å². The average Bonchev–Trinajstić information content (AvgIpc) is 3.42. The summed E-state index contributed by atoms with van der Waals surface area (Å²) in [5.41, 5.74) is 3.59. The second-order valence-corrected chi connectivity index (χ2v) is 6.46. The van der Waals surface area contributed by atoms with Crippen molar-refractivity contribution in [2.75, 3.05) is 13.1 Å². The largest absolute Gasteiger partial charge is 0.401 e. The minimum absolute atomic E-state index is 0.181. The molecule has 0 atom stereocenters. The molecule has 1 amide bonds. The number of nitrogens with zero attached hydrogens (tertiary/aromatic N) is 2. The molecular weight excluding hydrogens is 359 g/mol. The van der Waals surface area contributed by atoms with Gasteiger partial charge in [-0.3, -0.25) is 14.9 Å². The quantitative estimate of drug-likeness (QED) is 0.484. The molecule has 2 aromatic rings. The number of carbonyl (C=O) groups is 1. The summed E-state index contributed by atoms with van der Waals surface area (Å²) in [6, 6.07) is 14.1. The van der Waals surface area contributed by atoms with Gasteiger partial charge in [0.1, 0.15) is 0 Å². The van der Waals surface area contributed by atoms with Crippen LogP contribution in [0.1, 0.15) is 30.0 Å². The minimum atomic E-state index is -4.09. The van der Waals surface area contributed by atoms with Crippen molar-refractivity contribution in [1.29, 1.82) is 0 Å². The summed E-state index contributed by atoms with van der Waals surface area (Å²) < 4.78 is 39.0. The molecule has 27 heavy (non-hydrogen) atoms. The van der Waals surface area contributed by atoms with E-state index in [1.165, 1.54) is 28.8 Å². The second kappa shape index (κ2) is 10.1. The van der Waals surface area contributed by atoms with Crippen LogP contribution in [0.2, 0.25) is 0 Å². The van der Waals surface area contributed by atoms with Crippen LogP contribution in [0.5, 0.6) is 0 Å². The van der Waals surface area contributed by atoms with E-state index in [0.717, 1.165) is 5.69 Å². The SMILES string of the molecule is FC(F)(F)CN1CCn2cc(C3CC3)cc2C1.O=CNO.c1ccccc1. The maximum absolute atomic E-state index is 12.3. The molecule has 0 spiro atoms. The lowest BCUT2D eigenvalue weighted by molar-refractivity contribution is -0.148. The van der Waals surface area contributed by atoms with Gasteiger partial charge in [-0.2, -0.15) is 13.2 Å². The van der Waals surface area contributed by atoms with E-state index in [1.54, 1.807) is 0 Å². The van der Waals surface area contributed by atoms with Crippen LogP contribution < -0.4 is 5.48 Å². The molecular formula is C19H24F3N3O2. The molecule has 4 rings (SSSR count). The molecule has 0 bridgehead atoms. The molecule has 1 saturated carbocycles. The Morgan fingerprint density at radius 1 is 1.11 bits per heavy atom. The number of fused-ring (bicyclic) bond motifs is 1. The maximum Gasteiger partial charge on any atom is 0.401 e. The van der Waals surface area contributed by atoms with Gasteiger partial charge in [-0.05, 0) is 30.4 Å². The van der Waals surface area contributed by atoms with Crippen LogP contribution >= 0.6 is 0 Å². The minimum Gasteiger partial charge on any atom is -0.349 e. The molecule has 0 radical (unpaired) electrons. The highest BCUT2D eigenvalue weighted by atomic mass is 19.4. The van der Waals surface area contributed by atoms with Gasteiger partial charge in [-0.25, -0.2) is 5.48 Å². The Morgan fingerprint density at radius 2 is 1.67 bits per heavy atom. The van der Waals surface area contributed by atoms with E-state index >= 15 is 0 Å². The first kappa shape index (κ1) is 21.0. The number of rotatable bonds is 3. The summed E-state index contributed by atoms with van der Waals surface area (Å²) in [6.45, 7) is 0.798. The van der Waals surface area contributed by atoms with Crippen LogP contribution in [0.4, 0.5) is 13.2 Å². The van der Waals surface area contributed by atoms with Crippen molar-refractivity contribution in [3.8, 4) is 0 Å². The predicted octanol–water partition coefficient (Wildman–Crippen LogP) is 3.55. The zero-order valence-electron chi connectivity index (χ0n) is 14.9. The lowest BCUT2D eigenvalue weighted by Crippen LogP contribution is -2.39. The van der Waals surface area contributed by atoms with Crippen molar-refractivity contribution in [2.24, 2.45) is 0 Å². The summed E-state index contributed by atoms with van der Waals surface area (Å²) in [6.07, 6.45) is 0.678. The fourth-order valence-corrected chi connectivity index (χ4v) is 2.89. The molecule has 148 valence electrons. The van der Waals surface area contributed by atoms with Crippen molar-refractivity contribution >= 4 is 6.41 Å². The Labute approximate surface area is 156 Å². The summed E-state index contributed by atoms with van der Waals surface area (Å²) >= 11 is 0. The zero-order valence-corrected chi connectivity index (χ0v) is 14.9. The predicted molar refractivity (Wildman–Crippen MR) is 95.2 cm³/mol. The number of nitrogens with one attached hydrogen (secondary N) is 1. The number of halogens is 3. The normalized spacial score (nSPS) is 16.1. The lowest BCUT2D eigenvalue weighted by atomic mass is 10.2. The van der Waals surface area contributed by atoms with E-state index in [2.05, 4.69) is 16.8 Å². The standard InChI is InChI=1S/C12H15F3N2.C6H6.CH3NO2/c13-12(14,15)8-16-3-4-17-6-10(9-1-2-9)5-11(17)7-16;1-2-4-6-5-3-1;3-1-2-4/h5-6,9H,1-4,7-8H2;1-6H;1,4H,(H,2,3). The molecule has 1 aromatic heterocycles. The third-order valence-corrected chi connectivity index (χ3v) is 4.22. The average molecular weight is 383 g/mol. The first-order valence-corrected chi connectivity index (χ1v) is 8.74. The molecule has 2 N–H and O–H groups in total. The highest BCUT2D eigenvalue weighted by molar-refractivity contribution is 5.43. The van der Waals surface area contributed by atoms with E-state index in [-0.39, 0.29) is 6.41 Å². The van der Waals surface area contributed by atoms with E-state index < -0.39 is 12.7 Å². The van der Waals surface area contributed by atoms with Gasteiger partial charge in [0.05, 0.1) is 6.54 Å². The van der Waals surface area contributed by atoms with Crippen LogP contribution in [-0.4, -0.2) is 40.4 Å². The topological polar surface area (TPSA) is 57.5 Å². The molecule has 5 nitrogen and oxygen atoms in total. The first-order valence-electron chi connectivity index (χ1n) is 8.74. The third kappa shape index (κ3) is 7.84. The molecule has 2 heterocycles. The monoisotopic (exact) mass is 383 g/mol. The van der Waals surface area contributed by atoms with Crippen LogP contribution in [0.25, 0.3) is 0 Å². The fourth-order valence-electron chi connectivity index (χ4n) is 2.89. The van der Waals surface area contributed by atoms with Crippen molar-refractivity contribution < 1.29 is 23.2 Å². The Hall–Kier alpha value is -2.32. The van der Waals surface area contributed by atoms with Gasteiger partial charge in [0.2, 0.25) is 6.41 Å². The number of hydrogen-bond acceptors (Lipinski definition) is 3. The highest BCUT2D eigenvalue weighted by Gasteiger charge is 2.33. The van der Waals surface area contributed by atoms with Gasteiger partial charge >= 0.3 is 6.18 Å². The molecule has 1 aliphatic heterocycles. The number of aromatic nitrogens is 1. The molecule has 8 heteroatoms. The van der Waals surface area contributed by atoms with Gasteiger partial charge in [0.25, 0.3) is 0 Å².